The molecule has 2 aliphatic rings. The van der Waals surface area contributed by atoms with Gasteiger partial charge in [-0.1, -0.05) is 20.8 Å². The molecule has 0 spiro atoms. The minimum absolute atomic E-state index is 0.0182. The number of thiazole rings is 1. The average Bonchev–Trinajstić information content (AvgIpc) is 3.35. The van der Waals surface area contributed by atoms with Gasteiger partial charge in [0.15, 0.2) is 16.6 Å². The molecule has 3 aromatic heterocycles. The van der Waals surface area contributed by atoms with Crippen molar-refractivity contribution in [2.24, 2.45) is 0 Å². The van der Waals surface area contributed by atoms with Gasteiger partial charge in [-0.2, -0.15) is 9.61 Å². The van der Waals surface area contributed by atoms with Crippen LogP contribution in [0, 0.1) is 0 Å². The van der Waals surface area contributed by atoms with E-state index in [1.54, 1.807) is 0 Å². The second-order valence-corrected chi connectivity index (χ2v) is 9.84. The van der Waals surface area contributed by atoms with Crippen molar-refractivity contribution in [3.63, 3.8) is 0 Å². The van der Waals surface area contributed by atoms with Crippen LogP contribution in [0.4, 0.5) is 5.13 Å². The normalized spacial score (nSPS) is 18.4. The Balaban J connectivity index is 1.36. The van der Waals surface area contributed by atoms with Gasteiger partial charge in [0.1, 0.15) is 0 Å². The third kappa shape index (κ3) is 3.02. The van der Waals surface area contributed by atoms with Crippen LogP contribution < -0.4 is 4.90 Å². The summed E-state index contributed by atoms with van der Waals surface area (Å²) in [6.07, 6.45) is 5.81. The molecule has 3 aromatic rings. The molecule has 1 saturated heterocycles. The molecule has 0 N–H and O–H groups in total. The molecule has 0 aromatic carbocycles. The predicted molar refractivity (Wildman–Crippen MR) is 108 cm³/mol. The molecule has 142 valence electrons. The van der Waals surface area contributed by atoms with Crippen LogP contribution in [0.3, 0.4) is 0 Å². The number of hydrogen-bond acceptors (Lipinski definition) is 6. The van der Waals surface area contributed by atoms with Gasteiger partial charge in [-0.05, 0) is 44.2 Å². The maximum atomic E-state index is 4.89. The lowest BCUT2D eigenvalue weighted by atomic mass is 9.92. The predicted octanol–water partition coefficient (Wildman–Crippen LogP) is 3.75. The summed E-state index contributed by atoms with van der Waals surface area (Å²) in [6.45, 7) is 8.63. The largest absolute Gasteiger partial charge is 0.348 e. The lowest BCUT2D eigenvalue weighted by molar-refractivity contribution is 0.472. The smallest absolute Gasteiger partial charge is 0.185 e. The Bertz CT molecular complexity index is 953. The van der Waals surface area contributed by atoms with Gasteiger partial charge in [-0.25, -0.2) is 4.98 Å². The Morgan fingerprint density at radius 1 is 1.07 bits per heavy atom. The summed E-state index contributed by atoms with van der Waals surface area (Å²) in [4.78, 5) is 8.85. The van der Waals surface area contributed by atoms with E-state index in [2.05, 4.69) is 41.9 Å². The number of hydrogen-bond donors (Lipinski definition) is 0. The summed E-state index contributed by atoms with van der Waals surface area (Å²) in [6, 6.07) is 4.11. The summed E-state index contributed by atoms with van der Waals surface area (Å²) in [5, 5.41) is 14.9. The Morgan fingerprint density at radius 3 is 2.63 bits per heavy atom. The van der Waals surface area contributed by atoms with Crippen LogP contribution in [0.1, 0.15) is 68.0 Å². The highest BCUT2D eigenvalue weighted by Gasteiger charge is 2.28. The van der Waals surface area contributed by atoms with E-state index in [1.807, 2.05) is 21.9 Å². The molecule has 1 fully saturated rings. The van der Waals surface area contributed by atoms with Gasteiger partial charge in [0.05, 0.1) is 11.4 Å². The average molecular weight is 383 g/mol. The number of anilines is 1. The monoisotopic (exact) mass is 382 g/mol. The maximum Gasteiger partial charge on any atom is 0.185 e. The minimum Gasteiger partial charge on any atom is -0.348 e. The van der Waals surface area contributed by atoms with Crippen molar-refractivity contribution < 1.29 is 0 Å². The van der Waals surface area contributed by atoms with E-state index in [1.165, 1.54) is 28.5 Å². The highest BCUT2D eigenvalue weighted by atomic mass is 32.1. The molecule has 0 saturated carbocycles. The summed E-state index contributed by atoms with van der Waals surface area (Å²) >= 11 is 1.90. The lowest BCUT2D eigenvalue weighted by Gasteiger charge is -2.30. The first-order valence-electron chi connectivity index (χ1n) is 9.95. The van der Waals surface area contributed by atoms with Gasteiger partial charge < -0.3 is 4.90 Å². The van der Waals surface area contributed by atoms with E-state index in [0.717, 1.165) is 49.5 Å². The molecule has 6 nitrogen and oxygen atoms in total. The SMILES string of the molecule is CC(C)(C)c1ccc2nnc(C3CCN(c4nc5c(s4)CCC5)CC3)n2n1. The molecule has 7 heteroatoms. The zero-order chi connectivity index (χ0) is 18.6. The molecule has 0 radical (unpaired) electrons. The number of nitrogens with zero attached hydrogens (tertiary/aromatic N) is 6. The zero-order valence-corrected chi connectivity index (χ0v) is 17.1. The number of aromatic nitrogens is 5. The van der Waals surface area contributed by atoms with Crippen molar-refractivity contribution in [2.45, 2.75) is 64.2 Å². The van der Waals surface area contributed by atoms with Crippen LogP contribution in [-0.4, -0.2) is 37.9 Å². The third-order valence-corrected chi connectivity index (χ3v) is 6.99. The Kier molecular flexibility index (Phi) is 3.96. The minimum atomic E-state index is 0.0182. The van der Waals surface area contributed by atoms with Gasteiger partial charge >= 0.3 is 0 Å². The van der Waals surface area contributed by atoms with Crippen LogP contribution in [0.2, 0.25) is 0 Å². The van der Waals surface area contributed by atoms with Gasteiger partial charge in [0.25, 0.3) is 0 Å². The second-order valence-electron chi connectivity index (χ2n) is 8.78. The second kappa shape index (κ2) is 6.26. The van der Waals surface area contributed by atoms with E-state index in [9.17, 15) is 0 Å². The molecule has 4 heterocycles. The van der Waals surface area contributed by atoms with Crippen molar-refractivity contribution >= 4 is 22.1 Å². The molecule has 0 amide bonds. The Hall–Kier alpha value is -2.02. The Labute approximate surface area is 163 Å². The highest BCUT2D eigenvalue weighted by Crippen LogP contribution is 2.36. The van der Waals surface area contributed by atoms with E-state index in [0.29, 0.717) is 5.92 Å². The van der Waals surface area contributed by atoms with E-state index < -0.39 is 0 Å². The summed E-state index contributed by atoms with van der Waals surface area (Å²) in [5.74, 6) is 1.42. The third-order valence-electron chi connectivity index (χ3n) is 5.77. The van der Waals surface area contributed by atoms with Gasteiger partial charge in [-0.3, -0.25) is 0 Å². The highest BCUT2D eigenvalue weighted by molar-refractivity contribution is 7.15. The fourth-order valence-electron chi connectivity index (χ4n) is 4.10. The van der Waals surface area contributed by atoms with Crippen molar-refractivity contribution in [1.29, 1.82) is 0 Å². The fraction of sp³-hybridized carbons (Fsp3) is 0.600. The van der Waals surface area contributed by atoms with Crippen molar-refractivity contribution in [3.05, 3.63) is 34.2 Å². The first-order valence-corrected chi connectivity index (χ1v) is 10.8. The summed E-state index contributed by atoms with van der Waals surface area (Å²) in [7, 11) is 0. The van der Waals surface area contributed by atoms with Crippen LogP contribution in [-0.2, 0) is 18.3 Å². The van der Waals surface area contributed by atoms with Gasteiger partial charge in [0, 0.05) is 29.3 Å². The van der Waals surface area contributed by atoms with Crippen molar-refractivity contribution in [3.8, 4) is 0 Å². The molecular formula is C20H26N6S. The molecule has 0 atom stereocenters. The van der Waals surface area contributed by atoms with Crippen LogP contribution >= 0.6 is 11.3 Å². The first-order chi connectivity index (χ1) is 13.0. The fourth-order valence-corrected chi connectivity index (χ4v) is 5.30. The van der Waals surface area contributed by atoms with Crippen LogP contribution in [0.5, 0.6) is 0 Å². The number of rotatable bonds is 2. The van der Waals surface area contributed by atoms with Crippen molar-refractivity contribution in [1.82, 2.24) is 24.8 Å². The van der Waals surface area contributed by atoms with Gasteiger partial charge in [0.2, 0.25) is 0 Å². The molecule has 1 aliphatic carbocycles. The molecule has 0 unspecified atom stereocenters. The quantitative estimate of drug-likeness (QED) is 0.675. The summed E-state index contributed by atoms with van der Waals surface area (Å²) in [5.41, 5.74) is 3.28. The topological polar surface area (TPSA) is 59.2 Å². The van der Waals surface area contributed by atoms with E-state index >= 15 is 0 Å². The molecule has 5 rings (SSSR count). The molecular weight excluding hydrogens is 356 g/mol. The molecule has 1 aliphatic heterocycles. The number of aryl methyl sites for hydroxylation is 2. The number of piperidine rings is 1. The van der Waals surface area contributed by atoms with E-state index in [-0.39, 0.29) is 5.41 Å². The number of fused-ring (bicyclic) bond motifs is 2. The Morgan fingerprint density at radius 2 is 1.89 bits per heavy atom. The first kappa shape index (κ1) is 17.1. The lowest BCUT2D eigenvalue weighted by Crippen LogP contribution is -2.33. The van der Waals surface area contributed by atoms with E-state index in [4.69, 9.17) is 10.1 Å². The van der Waals surface area contributed by atoms with Crippen LogP contribution in [0.15, 0.2) is 12.1 Å². The van der Waals surface area contributed by atoms with Crippen molar-refractivity contribution in [2.75, 3.05) is 18.0 Å². The van der Waals surface area contributed by atoms with Gasteiger partial charge in [-0.15, -0.1) is 21.5 Å². The standard InChI is InChI=1S/C20H26N6S/c1-20(2,3)16-7-8-17-22-23-18(26(17)24-16)13-9-11-25(12-10-13)19-21-14-5-4-6-15(14)27-19/h7-8,13H,4-6,9-12H2,1-3H3. The molecule has 0 bridgehead atoms. The zero-order valence-electron chi connectivity index (χ0n) is 16.3. The van der Waals surface area contributed by atoms with Crippen LogP contribution in [0.25, 0.3) is 5.65 Å². The summed E-state index contributed by atoms with van der Waals surface area (Å²) < 4.78 is 1.97. The maximum absolute atomic E-state index is 4.89. The molecule has 27 heavy (non-hydrogen) atoms.